The second kappa shape index (κ2) is 8.66. The molecule has 0 radical (unpaired) electrons. The van der Waals surface area contributed by atoms with Crippen LogP contribution in [0.25, 0.3) is 0 Å². The Bertz CT molecular complexity index is 293. The van der Waals surface area contributed by atoms with Crippen LogP contribution < -0.4 is 0 Å². The zero-order valence-electron chi connectivity index (χ0n) is 13.8. The molecule has 1 heterocycles. The summed E-state index contributed by atoms with van der Waals surface area (Å²) in [5.74, 6) is 1.00. The van der Waals surface area contributed by atoms with Crippen LogP contribution in [0, 0.1) is 17.8 Å². The molecule has 0 aromatic carbocycles. The molecular formula is C17H33NO2. The number of carbonyl (C=O) groups is 1. The number of carboxylic acids is 1. The first-order chi connectivity index (χ1) is 9.47. The molecule has 0 saturated carbocycles. The summed E-state index contributed by atoms with van der Waals surface area (Å²) in [6.45, 7) is 11.3. The van der Waals surface area contributed by atoms with E-state index in [1.165, 1.54) is 38.6 Å². The van der Waals surface area contributed by atoms with Gasteiger partial charge >= 0.3 is 5.97 Å². The molecule has 20 heavy (non-hydrogen) atoms. The maximum Gasteiger partial charge on any atom is 0.303 e. The average molecular weight is 283 g/mol. The fourth-order valence-corrected chi connectivity index (χ4v) is 3.48. The third-order valence-corrected chi connectivity index (χ3v) is 5.15. The van der Waals surface area contributed by atoms with Gasteiger partial charge in [-0.15, -0.1) is 0 Å². The standard InChI is InChI=1S/C17H33NO2/c1-5-13(3)10-16(6-2)18-9-7-8-15(12-18)14(4)11-17(19)20/h13-16H,5-12H2,1-4H3,(H,19,20). The summed E-state index contributed by atoms with van der Waals surface area (Å²) < 4.78 is 0. The molecule has 1 aliphatic rings. The summed E-state index contributed by atoms with van der Waals surface area (Å²) in [6.07, 6.45) is 6.50. The van der Waals surface area contributed by atoms with Gasteiger partial charge < -0.3 is 10.0 Å². The summed E-state index contributed by atoms with van der Waals surface area (Å²) in [4.78, 5) is 13.5. The molecule has 0 amide bonds. The van der Waals surface area contributed by atoms with Crippen molar-refractivity contribution in [3.63, 3.8) is 0 Å². The minimum atomic E-state index is -0.652. The number of hydrogen-bond acceptors (Lipinski definition) is 2. The lowest BCUT2D eigenvalue weighted by Gasteiger charge is -2.40. The quantitative estimate of drug-likeness (QED) is 0.731. The maximum atomic E-state index is 10.9. The second-order valence-corrected chi connectivity index (χ2v) is 6.78. The normalized spacial score (nSPS) is 25.1. The van der Waals surface area contributed by atoms with Crippen LogP contribution in [-0.2, 0) is 4.79 Å². The lowest BCUT2D eigenvalue weighted by atomic mass is 9.83. The molecule has 0 bridgehead atoms. The zero-order chi connectivity index (χ0) is 15.1. The summed E-state index contributed by atoms with van der Waals surface area (Å²) >= 11 is 0. The van der Waals surface area contributed by atoms with Gasteiger partial charge in [0.05, 0.1) is 0 Å². The van der Waals surface area contributed by atoms with Crippen molar-refractivity contribution in [3.8, 4) is 0 Å². The van der Waals surface area contributed by atoms with Gasteiger partial charge in [-0.05, 0) is 50.0 Å². The van der Waals surface area contributed by atoms with Crippen molar-refractivity contribution in [2.24, 2.45) is 17.8 Å². The smallest absolute Gasteiger partial charge is 0.303 e. The highest BCUT2D eigenvalue weighted by atomic mass is 16.4. The van der Waals surface area contributed by atoms with Crippen LogP contribution in [0.4, 0.5) is 0 Å². The Hall–Kier alpha value is -0.570. The fourth-order valence-electron chi connectivity index (χ4n) is 3.48. The second-order valence-electron chi connectivity index (χ2n) is 6.78. The van der Waals surface area contributed by atoms with Gasteiger partial charge in [0.25, 0.3) is 0 Å². The number of hydrogen-bond donors (Lipinski definition) is 1. The summed E-state index contributed by atoms with van der Waals surface area (Å²) in [6, 6.07) is 0.685. The fraction of sp³-hybridized carbons (Fsp3) is 0.941. The average Bonchev–Trinajstić information content (AvgIpc) is 2.43. The topological polar surface area (TPSA) is 40.5 Å². The zero-order valence-corrected chi connectivity index (χ0v) is 13.8. The van der Waals surface area contributed by atoms with Crippen LogP contribution in [-0.4, -0.2) is 35.1 Å². The molecule has 0 aromatic rings. The van der Waals surface area contributed by atoms with Crippen LogP contribution in [0.1, 0.15) is 66.2 Å². The summed E-state index contributed by atoms with van der Waals surface area (Å²) in [5.41, 5.74) is 0. The Kier molecular flexibility index (Phi) is 7.57. The highest BCUT2D eigenvalue weighted by Gasteiger charge is 2.29. The van der Waals surface area contributed by atoms with Gasteiger partial charge in [-0.3, -0.25) is 4.79 Å². The Morgan fingerprint density at radius 3 is 2.55 bits per heavy atom. The third kappa shape index (κ3) is 5.43. The molecule has 3 heteroatoms. The van der Waals surface area contributed by atoms with Gasteiger partial charge in [0.2, 0.25) is 0 Å². The van der Waals surface area contributed by atoms with Gasteiger partial charge in [-0.2, -0.15) is 0 Å². The van der Waals surface area contributed by atoms with E-state index in [-0.39, 0.29) is 0 Å². The molecule has 1 saturated heterocycles. The first-order valence-electron chi connectivity index (χ1n) is 8.43. The van der Waals surface area contributed by atoms with E-state index in [9.17, 15) is 4.79 Å². The number of likely N-dealkylation sites (tertiary alicyclic amines) is 1. The molecule has 3 nitrogen and oxygen atoms in total. The summed E-state index contributed by atoms with van der Waals surface area (Å²) in [5, 5.41) is 8.97. The molecular weight excluding hydrogens is 250 g/mol. The first-order valence-corrected chi connectivity index (χ1v) is 8.43. The molecule has 0 spiro atoms. The SMILES string of the molecule is CCC(C)CC(CC)N1CCCC(C(C)CC(=O)O)C1. The van der Waals surface area contributed by atoms with E-state index < -0.39 is 5.97 Å². The Labute approximate surface area is 124 Å². The number of carboxylic acid groups (broad SMARTS) is 1. The van der Waals surface area contributed by atoms with Gasteiger partial charge in [0.15, 0.2) is 0 Å². The van der Waals surface area contributed by atoms with Gasteiger partial charge in [0, 0.05) is 19.0 Å². The molecule has 1 aliphatic heterocycles. The lowest BCUT2D eigenvalue weighted by molar-refractivity contribution is -0.138. The van der Waals surface area contributed by atoms with Gasteiger partial charge in [-0.1, -0.05) is 34.1 Å². The van der Waals surface area contributed by atoms with Gasteiger partial charge in [0.1, 0.15) is 0 Å². The third-order valence-electron chi connectivity index (χ3n) is 5.15. The number of piperidine rings is 1. The molecule has 1 rings (SSSR count). The van der Waals surface area contributed by atoms with Crippen molar-refractivity contribution >= 4 is 5.97 Å². The molecule has 4 unspecified atom stereocenters. The van der Waals surface area contributed by atoms with E-state index in [2.05, 4.69) is 32.6 Å². The van der Waals surface area contributed by atoms with Crippen LogP contribution in [0.2, 0.25) is 0 Å². The summed E-state index contributed by atoms with van der Waals surface area (Å²) in [7, 11) is 0. The van der Waals surface area contributed by atoms with E-state index in [4.69, 9.17) is 5.11 Å². The number of nitrogens with zero attached hydrogens (tertiary/aromatic N) is 1. The van der Waals surface area contributed by atoms with E-state index in [1.807, 2.05) is 0 Å². The number of aliphatic carboxylic acids is 1. The molecule has 0 aromatic heterocycles. The van der Waals surface area contributed by atoms with Crippen molar-refractivity contribution in [1.82, 2.24) is 4.90 Å². The van der Waals surface area contributed by atoms with Crippen molar-refractivity contribution < 1.29 is 9.90 Å². The Morgan fingerprint density at radius 2 is 2.00 bits per heavy atom. The Balaban J connectivity index is 2.55. The molecule has 0 aliphatic carbocycles. The highest BCUT2D eigenvalue weighted by Crippen LogP contribution is 2.29. The van der Waals surface area contributed by atoms with Crippen molar-refractivity contribution in [2.45, 2.75) is 72.3 Å². The minimum Gasteiger partial charge on any atom is -0.481 e. The van der Waals surface area contributed by atoms with Gasteiger partial charge in [-0.25, -0.2) is 0 Å². The van der Waals surface area contributed by atoms with Crippen LogP contribution >= 0.6 is 0 Å². The van der Waals surface area contributed by atoms with Crippen molar-refractivity contribution in [1.29, 1.82) is 0 Å². The largest absolute Gasteiger partial charge is 0.481 e. The van der Waals surface area contributed by atoms with E-state index in [1.54, 1.807) is 0 Å². The number of rotatable bonds is 8. The highest BCUT2D eigenvalue weighted by molar-refractivity contribution is 5.67. The molecule has 1 N–H and O–H groups in total. The van der Waals surface area contributed by atoms with Crippen molar-refractivity contribution in [3.05, 3.63) is 0 Å². The lowest BCUT2D eigenvalue weighted by Crippen LogP contribution is -2.44. The molecule has 118 valence electrons. The van der Waals surface area contributed by atoms with Crippen molar-refractivity contribution in [2.75, 3.05) is 13.1 Å². The Morgan fingerprint density at radius 1 is 1.30 bits per heavy atom. The predicted octanol–water partition coefficient (Wildman–Crippen LogP) is 4.02. The van der Waals surface area contributed by atoms with E-state index in [0.29, 0.717) is 24.3 Å². The first kappa shape index (κ1) is 17.5. The molecule has 1 fully saturated rings. The maximum absolute atomic E-state index is 10.9. The van der Waals surface area contributed by atoms with Crippen LogP contribution in [0.3, 0.4) is 0 Å². The van der Waals surface area contributed by atoms with Crippen LogP contribution in [0.5, 0.6) is 0 Å². The molecule has 4 atom stereocenters. The monoisotopic (exact) mass is 283 g/mol. The minimum absolute atomic E-state index is 0.302. The predicted molar refractivity (Wildman–Crippen MR) is 83.9 cm³/mol. The van der Waals surface area contributed by atoms with E-state index >= 15 is 0 Å². The van der Waals surface area contributed by atoms with E-state index in [0.717, 1.165) is 12.5 Å². The van der Waals surface area contributed by atoms with Crippen LogP contribution in [0.15, 0.2) is 0 Å².